The van der Waals surface area contributed by atoms with Gasteiger partial charge in [0.25, 0.3) is 5.56 Å². The number of aryl methyl sites for hydroxylation is 1. The van der Waals surface area contributed by atoms with E-state index in [2.05, 4.69) is 17.1 Å². The molecular weight excluding hydrogens is 420 g/mol. The number of thioether (sulfide) groups is 1. The van der Waals surface area contributed by atoms with Gasteiger partial charge in [0.1, 0.15) is 0 Å². The molecule has 2 aromatic heterocycles. The summed E-state index contributed by atoms with van der Waals surface area (Å²) in [7, 11) is -3.37. The predicted octanol–water partition coefficient (Wildman–Crippen LogP) is 3.41. The summed E-state index contributed by atoms with van der Waals surface area (Å²) in [6.07, 6.45) is 1.82. The summed E-state index contributed by atoms with van der Waals surface area (Å²) < 4.78 is 28.6. The lowest BCUT2D eigenvalue weighted by atomic mass is 10.2. The van der Waals surface area contributed by atoms with Crippen molar-refractivity contribution in [3.05, 3.63) is 65.0 Å². The van der Waals surface area contributed by atoms with Crippen molar-refractivity contribution in [2.75, 3.05) is 11.5 Å². The molecule has 4 rings (SSSR count). The third-order valence-electron chi connectivity index (χ3n) is 4.90. The van der Waals surface area contributed by atoms with Crippen LogP contribution in [0.5, 0.6) is 0 Å². The van der Waals surface area contributed by atoms with E-state index in [4.69, 9.17) is 0 Å². The minimum absolute atomic E-state index is 0.00992. The van der Waals surface area contributed by atoms with Crippen LogP contribution < -0.4 is 5.56 Å². The monoisotopic (exact) mass is 442 g/mol. The number of unbranched alkanes of at least 4 members (excludes halogenated alkanes) is 1. The summed E-state index contributed by atoms with van der Waals surface area (Å²) in [5, 5.41) is 9.71. The van der Waals surface area contributed by atoms with Crippen LogP contribution in [0.2, 0.25) is 0 Å². The van der Waals surface area contributed by atoms with Gasteiger partial charge in [-0.15, -0.1) is 10.2 Å². The molecule has 0 atom stereocenters. The van der Waals surface area contributed by atoms with Gasteiger partial charge in [-0.05, 0) is 30.7 Å². The molecule has 0 saturated carbocycles. The molecule has 2 heterocycles. The number of fused-ring (bicyclic) bond motifs is 3. The second-order valence-corrected chi connectivity index (χ2v) is 10.1. The zero-order valence-corrected chi connectivity index (χ0v) is 18.2. The molecule has 30 heavy (non-hydrogen) atoms. The second kappa shape index (κ2) is 8.61. The van der Waals surface area contributed by atoms with Crippen LogP contribution in [0.4, 0.5) is 0 Å². The molecule has 0 aliphatic rings. The fourth-order valence-corrected chi connectivity index (χ4v) is 5.94. The van der Waals surface area contributed by atoms with Crippen molar-refractivity contribution in [3.8, 4) is 0 Å². The average molecular weight is 443 g/mol. The molecule has 2 aromatic carbocycles. The van der Waals surface area contributed by atoms with E-state index in [0.29, 0.717) is 33.5 Å². The second-order valence-electron chi connectivity index (χ2n) is 6.93. The van der Waals surface area contributed by atoms with E-state index >= 15 is 0 Å². The molecule has 0 bridgehead atoms. The largest absolute Gasteiger partial charge is 0.276 e. The molecule has 0 aliphatic heterocycles. The Hall–Kier alpha value is -2.65. The van der Waals surface area contributed by atoms with Crippen LogP contribution in [0, 0.1) is 0 Å². The van der Waals surface area contributed by atoms with Gasteiger partial charge >= 0.3 is 0 Å². The van der Waals surface area contributed by atoms with Crippen LogP contribution in [-0.2, 0) is 16.4 Å². The Bertz CT molecular complexity index is 1350. The van der Waals surface area contributed by atoms with Crippen LogP contribution in [0.3, 0.4) is 0 Å². The predicted molar refractivity (Wildman–Crippen MR) is 119 cm³/mol. The Labute approximate surface area is 178 Å². The van der Waals surface area contributed by atoms with E-state index in [9.17, 15) is 13.2 Å². The average Bonchev–Trinajstić information content (AvgIpc) is 3.18. The summed E-state index contributed by atoms with van der Waals surface area (Å²) in [5.74, 6) is 0.810. The van der Waals surface area contributed by atoms with Crippen LogP contribution in [0.25, 0.3) is 16.7 Å². The van der Waals surface area contributed by atoms with Crippen molar-refractivity contribution in [3.63, 3.8) is 0 Å². The molecule has 4 aromatic rings. The third kappa shape index (κ3) is 3.87. The van der Waals surface area contributed by atoms with Gasteiger partial charge in [0.2, 0.25) is 5.78 Å². The molecule has 7 nitrogen and oxygen atoms in total. The van der Waals surface area contributed by atoms with Crippen molar-refractivity contribution in [1.82, 2.24) is 19.2 Å². The van der Waals surface area contributed by atoms with Gasteiger partial charge < -0.3 is 0 Å². The topological polar surface area (TPSA) is 86.3 Å². The first-order chi connectivity index (χ1) is 14.5. The van der Waals surface area contributed by atoms with E-state index in [-0.39, 0.29) is 11.3 Å². The molecule has 0 aliphatic carbocycles. The van der Waals surface area contributed by atoms with Gasteiger partial charge in [0.05, 0.1) is 21.6 Å². The van der Waals surface area contributed by atoms with Crippen molar-refractivity contribution in [2.24, 2.45) is 0 Å². The lowest BCUT2D eigenvalue weighted by Crippen LogP contribution is -2.23. The molecule has 156 valence electrons. The fraction of sp³-hybridized carbons (Fsp3) is 0.286. The molecule has 0 fully saturated rings. The van der Waals surface area contributed by atoms with Gasteiger partial charge in [-0.2, -0.15) is 0 Å². The number of benzene rings is 2. The zero-order valence-electron chi connectivity index (χ0n) is 16.6. The van der Waals surface area contributed by atoms with E-state index in [1.54, 1.807) is 41.0 Å². The van der Waals surface area contributed by atoms with Crippen LogP contribution in [0.15, 0.2) is 69.4 Å². The normalized spacial score (nSPS) is 12.0. The highest BCUT2D eigenvalue weighted by atomic mass is 32.2. The minimum Gasteiger partial charge on any atom is -0.276 e. The van der Waals surface area contributed by atoms with E-state index < -0.39 is 9.84 Å². The SMILES string of the molecule is CCCCn1c(=O)c2ccccc2n2c(SCCS(=O)(=O)c3ccccc3)nnc12. The summed E-state index contributed by atoms with van der Waals surface area (Å²) in [6, 6.07) is 15.8. The Balaban J connectivity index is 1.69. The molecule has 0 spiro atoms. The molecule has 0 amide bonds. The number of aromatic nitrogens is 4. The summed E-state index contributed by atoms with van der Waals surface area (Å²) in [4.78, 5) is 13.3. The quantitative estimate of drug-likeness (QED) is 0.389. The maximum Gasteiger partial charge on any atom is 0.262 e. The number of para-hydroxylation sites is 1. The van der Waals surface area contributed by atoms with Crippen molar-refractivity contribution >= 4 is 38.3 Å². The Morgan fingerprint density at radius 2 is 1.73 bits per heavy atom. The van der Waals surface area contributed by atoms with Crippen molar-refractivity contribution in [1.29, 1.82) is 0 Å². The Morgan fingerprint density at radius 1 is 1.00 bits per heavy atom. The van der Waals surface area contributed by atoms with Gasteiger partial charge in [0.15, 0.2) is 15.0 Å². The van der Waals surface area contributed by atoms with Gasteiger partial charge in [0, 0.05) is 12.3 Å². The Morgan fingerprint density at radius 3 is 2.50 bits per heavy atom. The summed E-state index contributed by atoms with van der Waals surface area (Å²) in [5.41, 5.74) is 0.644. The van der Waals surface area contributed by atoms with E-state index in [1.165, 1.54) is 11.8 Å². The van der Waals surface area contributed by atoms with E-state index in [1.807, 2.05) is 22.6 Å². The molecule has 0 saturated heterocycles. The zero-order chi connectivity index (χ0) is 21.1. The standard InChI is InChI=1S/C21H22N4O3S2/c1-2-3-13-24-19(26)17-11-7-8-12-18(17)25-20(24)22-23-21(25)29-14-15-30(27,28)16-9-5-4-6-10-16/h4-12H,2-3,13-15H2,1H3. The highest BCUT2D eigenvalue weighted by Crippen LogP contribution is 2.23. The fourth-order valence-electron chi connectivity index (χ4n) is 3.33. The molecule has 0 radical (unpaired) electrons. The van der Waals surface area contributed by atoms with Crippen LogP contribution >= 0.6 is 11.8 Å². The van der Waals surface area contributed by atoms with Crippen LogP contribution in [-0.4, -0.2) is 39.1 Å². The van der Waals surface area contributed by atoms with Crippen molar-refractivity contribution in [2.45, 2.75) is 36.4 Å². The first-order valence-corrected chi connectivity index (χ1v) is 12.4. The first kappa shape index (κ1) is 20.6. The van der Waals surface area contributed by atoms with Crippen molar-refractivity contribution < 1.29 is 8.42 Å². The van der Waals surface area contributed by atoms with Gasteiger partial charge in [-0.3, -0.25) is 13.8 Å². The van der Waals surface area contributed by atoms with Crippen LogP contribution in [0.1, 0.15) is 19.8 Å². The van der Waals surface area contributed by atoms with Gasteiger partial charge in [-0.25, -0.2) is 8.42 Å². The van der Waals surface area contributed by atoms with E-state index in [0.717, 1.165) is 18.4 Å². The Kier molecular flexibility index (Phi) is 5.92. The number of sulfone groups is 1. The highest BCUT2D eigenvalue weighted by Gasteiger charge is 2.18. The number of nitrogens with zero attached hydrogens (tertiary/aromatic N) is 4. The third-order valence-corrected chi connectivity index (χ3v) is 7.82. The molecule has 9 heteroatoms. The smallest absolute Gasteiger partial charge is 0.262 e. The highest BCUT2D eigenvalue weighted by molar-refractivity contribution is 8.00. The maximum atomic E-state index is 13.0. The van der Waals surface area contributed by atoms with Gasteiger partial charge in [-0.1, -0.05) is 55.4 Å². The number of hydrogen-bond acceptors (Lipinski definition) is 6. The minimum atomic E-state index is -3.37. The molecular formula is C21H22N4O3S2. The molecule has 0 N–H and O–H groups in total. The lowest BCUT2D eigenvalue weighted by molar-refractivity contribution is 0.597. The first-order valence-electron chi connectivity index (χ1n) is 9.80. The number of rotatable bonds is 8. The maximum absolute atomic E-state index is 13.0. The lowest BCUT2D eigenvalue weighted by Gasteiger charge is -2.11. The summed E-state index contributed by atoms with van der Waals surface area (Å²) >= 11 is 1.33. The summed E-state index contributed by atoms with van der Waals surface area (Å²) in [6.45, 7) is 2.64. The number of hydrogen-bond donors (Lipinski definition) is 0. The molecule has 0 unspecified atom stereocenters.